The number of esters is 6. The Kier molecular flexibility index (Phi) is 16.8. The zero-order valence-electron chi connectivity index (χ0n) is 50.9. The number of carbonyl (C=O) groups is 8. The summed E-state index contributed by atoms with van der Waals surface area (Å²) >= 11 is 0. The van der Waals surface area contributed by atoms with Gasteiger partial charge in [-0.2, -0.15) is 0 Å². The Balaban J connectivity index is 0.967. The van der Waals surface area contributed by atoms with E-state index in [-0.39, 0.29) is 64.4 Å². The van der Waals surface area contributed by atoms with Crippen molar-refractivity contribution < 1.29 is 91.9 Å². The molecule has 89 heavy (non-hydrogen) atoms. The molecule has 1 amide bonds. The molecule has 7 aliphatic rings. The van der Waals surface area contributed by atoms with Crippen molar-refractivity contribution in [2.75, 3.05) is 6.61 Å². The van der Waals surface area contributed by atoms with Crippen LogP contribution >= 0.6 is 0 Å². The molecule has 20 nitrogen and oxygen atoms in total. The average Bonchev–Trinajstić information content (AvgIpc) is 1.32. The van der Waals surface area contributed by atoms with Gasteiger partial charge in [0.05, 0.1) is 48.6 Å². The Bertz CT molecular complexity index is 3480. The minimum absolute atomic E-state index is 0.0187. The first-order valence-corrected chi connectivity index (χ1v) is 30.6. The molecule has 5 fully saturated rings. The molecule has 11 rings (SSSR count). The van der Waals surface area contributed by atoms with Crippen LogP contribution in [-0.2, 0) is 68.3 Å². The molecule has 4 saturated carbocycles. The third-order valence-electron chi connectivity index (χ3n) is 21.1. The minimum Gasteiger partial charge on any atom is -0.508 e. The number of aromatic hydroxyl groups is 1. The molecule has 1 saturated heterocycles. The summed E-state index contributed by atoms with van der Waals surface area (Å²) in [5, 5.41) is 51.2. The first-order chi connectivity index (χ1) is 42.2. The third kappa shape index (κ3) is 10.9. The largest absolute Gasteiger partial charge is 0.508 e. The van der Waals surface area contributed by atoms with Gasteiger partial charge in [-0.15, -0.1) is 0 Å². The van der Waals surface area contributed by atoms with E-state index >= 15 is 9.59 Å². The number of Topliss-reactive ketones (excluding diaryl/α,β-unsaturated/α-hetero) is 1. The number of amides is 1. The Morgan fingerprint density at radius 1 is 0.742 bits per heavy atom. The number of aliphatic hydroxyl groups excluding tert-OH is 2. The lowest BCUT2D eigenvalue weighted by atomic mass is 9.44. The van der Waals surface area contributed by atoms with E-state index < -0.39 is 155 Å². The van der Waals surface area contributed by atoms with Gasteiger partial charge in [0.25, 0.3) is 5.91 Å². The van der Waals surface area contributed by atoms with Crippen LogP contribution in [0.15, 0.2) is 120 Å². The molecule has 1 heterocycles. The SMILES string of the molecule is CC(=O)O[C@H]1C(=O)[C@@]2(C)C(C(OC(=O)c3ccccc3)[C@]3(O)C[C@H](OC(=O)[C@H](OC(=O)CCC(=O)O[C@@H]4C[C@@]5(C)C(CC[C@@H]5O)C5CCc6cc(O)ccc6C54)[C@@H](NC(=O)c4ccccc4)c4ccccc4)C(C)=C1C3(C)C)[C@]1(OC(C)=O)CO[C@@H]1C[C@@H]2O. The summed E-state index contributed by atoms with van der Waals surface area (Å²) in [5.41, 5.74) is -6.54. The van der Waals surface area contributed by atoms with Crippen LogP contribution in [-0.4, -0.2) is 135 Å². The molecule has 5 N–H and O–H groups in total. The monoisotopic (exact) mass is 1220 g/mol. The lowest BCUT2D eigenvalue weighted by molar-refractivity contribution is -0.346. The summed E-state index contributed by atoms with van der Waals surface area (Å²) in [6, 6.07) is 27.6. The quantitative estimate of drug-likeness (QED) is 0.0446. The van der Waals surface area contributed by atoms with E-state index in [0.29, 0.717) is 19.3 Å². The van der Waals surface area contributed by atoms with Crippen LogP contribution in [0, 0.1) is 34.0 Å². The molecule has 4 aromatic rings. The number of nitrogens with one attached hydrogen (secondary N) is 1. The number of benzene rings is 4. The topological polar surface area (TPSA) is 294 Å². The maximum Gasteiger partial charge on any atom is 0.350 e. The molecule has 0 spiro atoms. The molecule has 0 radical (unpaired) electrons. The van der Waals surface area contributed by atoms with Crippen molar-refractivity contribution in [3.63, 3.8) is 0 Å². The number of ether oxygens (including phenoxy) is 7. The van der Waals surface area contributed by atoms with E-state index in [1.807, 2.05) is 13.0 Å². The predicted octanol–water partition coefficient (Wildman–Crippen LogP) is 7.21. The summed E-state index contributed by atoms with van der Waals surface area (Å²) < 4.78 is 43.7. The first kappa shape index (κ1) is 62.8. The molecule has 20 heteroatoms. The van der Waals surface area contributed by atoms with Crippen molar-refractivity contribution in [3.8, 4) is 5.75 Å². The number of fused-ring (bicyclic) bond motifs is 10. The number of aliphatic hydroxyl groups is 3. The number of ketones is 1. The van der Waals surface area contributed by atoms with Crippen molar-refractivity contribution in [1.29, 1.82) is 0 Å². The molecule has 5 unspecified atom stereocenters. The molecular formula is C69H77NO19. The highest BCUT2D eigenvalue weighted by molar-refractivity contribution is 5.96. The van der Waals surface area contributed by atoms with Gasteiger partial charge >= 0.3 is 35.8 Å². The Morgan fingerprint density at radius 3 is 2.03 bits per heavy atom. The Labute approximate surface area is 515 Å². The minimum atomic E-state index is -2.53. The number of phenolic OH excluding ortho intramolecular Hbond substituents is 1. The summed E-state index contributed by atoms with van der Waals surface area (Å²) in [5.74, 6) is -9.07. The molecule has 1 aliphatic heterocycles. The average molecular weight is 1220 g/mol. The number of phenols is 1. The van der Waals surface area contributed by atoms with Gasteiger partial charge in [0.1, 0.15) is 41.8 Å². The van der Waals surface area contributed by atoms with Crippen molar-refractivity contribution >= 4 is 47.5 Å². The second-order valence-electron chi connectivity index (χ2n) is 26.4. The van der Waals surface area contributed by atoms with Gasteiger partial charge in [0.15, 0.2) is 17.5 Å². The fraction of sp³-hybridized carbons (Fsp3) is 0.507. The normalized spacial score (nSPS) is 33.6. The van der Waals surface area contributed by atoms with Crippen LogP contribution in [0.2, 0.25) is 0 Å². The van der Waals surface area contributed by atoms with Crippen LogP contribution in [0.3, 0.4) is 0 Å². The summed E-state index contributed by atoms with van der Waals surface area (Å²) in [4.78, 5) is 116. The third-order valence-corrected chi connectivity index (χ3v) is 21.1. The molecule has 472 valence electrons. The van der Waals surface area contributed by atoms with Gasteiger partial charge in [-0.05, 0) is 122 Å². The standard InChI is InChI=1S/C69H77NO19/c1-36-47(34-69(82)61(88-63(80)41-21-15-10-16-22-41)59-67(7,50(75)32-51-68(59,35-83-51)89-38(3)72)60(78)57(84-37(2)71)55(36)65(69,4)5)86-64(81)58(56(39-17-11-8-12-18-39)70-62(79)40-19-13-9-14-20-40)87-53(77)30-29-52(76)85-48-33-66(6)46(27-28-49(66)74)45-25-23-42-31-43(73)24-26-44(42)54(45)48/h8-22,24,26,31,45-51,54,56-59,61,73-75,82H,23,25,27-30,32-35H2,1-7H3,(H,70,79)/t45?,46?,47-,48+,49-,50-,51+,54?,56-,57+,58+,59?,61?,66-,67+,68-,69+/m0/s1. The molecule has 17 atom stereocenters. The van der Waals surface area contributed by atoms with Crippen LogP contribution in [0.5, 0.6) is 5.75 Å². The molecule has 4 aromatic carbocycles. The van der Waals surface area contributed by atoms with Crippen molar-refractivity contribution in [1.82, 2.24) is 5.32 Å². The smallest absolute Gasteiger partial charge is 0.350 e. The lowest BCUT2D eigenvalue weighted by Gasteiger charge is -2.67. The van der Waals surface area contributed by atoms with E-state index in [2.05, 4.69) is 5.32 Å². The van der Waals surface area contributed by atoms with E-state index in [1.165, 1.54) is 52.0 Å². The second kappa shape index (κ2) is 23.9. The molecule has 6 aliphatic carbocycles. The lowest BCUT2D eigenvalue weighted by Crippen LogP contribution is -2.82. The van der Waals surface area contributed by atoms with Gasteiger partial charge in [0.2, 0.25) is 6.10 Å². The van der Waals surface area contributed by atoms with Crippen LogP contribution in [0.4, 0.5) is 0 Å². The molecule has 0 aromatic heterocycles. The van der Waals surface area contributed by atoms with Gasteiger partial charge < -0.3 is 58.9 Å². The first-order valence-electron chi connectivity index (χ1n) is 30.6. The molecular weight excluding hydrogens is 1150 g/mol. The predicted molar refractivity (Wildman–Crippen MR) is 315 cm³/mol. The van der Waals surface area contributed by atoms with Crippen LogP contribution in [0.25, 0.3) is 0 Å². The number of rotatable bonds is 15. The van der Waals surface area contributed by atoms with E-state index in [9.17, 15) is 49.2 Å². The van der Waals surface area contributed by atoms with Crippen LogP contribution < -0.4 is 5.32 Å². The molecule has 2 bridgehead atoms. The van der Waals surface area contributed by atoms with Crippen molar-refractivity contribution in [2.24, 2.45) is 34.0 Å². The second-order valence-corrected chi connectivity index (χ2v) is 26.4. The Morgan fingerprint density at radius 2 is 1.39 bits per heavy atom. The van der Waals surface area contributed by atoms with Gasteiger partial charge in [-0.1, -0.05) is 93.6 Å². The Hall–Kier alpha value is -7.78. The number of hydrogen-bond donors (Lipinski definition) is 5. The maximum absolute atomic E-state index is 16.0. The fourth-order valence-corrected chi connectivity index (χ4v) is 16.6. The maximum atomic E-state index is 16.0. The zero-order valence-corrected chi connectivity index (χ0v) is 50.9. The zero-order chi connectivity index (χ0) is 63.7. The van der Waals surface area contributed by atoms with Gasteiger partial charge in [-0.3, -0.25) is 28.8 Å². The highest BCUT2D eigenvalue weighted by Gasteiger charge is 2.78. The van der Waals surface area contributed by atoms with Gasteiger partial charge in [-0.25, -0.2) is 9.59 Å². The van der Waals surface area contributed by atoms with E-state index in [4.69, 9.17) is 33.2 Å². The summed E-state index contributed by atoms with van der Waals surface area (Å²) in [6.07, 6.45) is -10.5. The fourth-order valence-electron chi connectivity index (χ4n) is 16.6. The van der Waals surface area contributed by atoms with E-state index in [1.54, 1.807) is 78.9 Å². The number of hydrogen-bond acceptors (Lipinski definition) is 19. The van der Waals surface area contributed by atoms with Crippen LogP contribution in [0.1, 0.15) is 149 Å². The number of aryl methyl sites for hydroxylation is 1. The van der Waals surface area contributed by atoms with E-state index in [0.717, 1.165) is 37.8 Å². The highest BCUT2D eigenvalue weighted by atomic mass is 16.6. The number of carbonyl (C=O) groups excluding carboxylic acids is 8. The summed E-state index contributed by atoms with van der Waals surface area (Å²) in [6.45, 7) is 9.80. The van der Waals surface area contributed by atoms with Crippen molar-refractivity contribution in [2.45, 2.75) is 178 Å². The van der Waals surface area contributed by atoms with Crippen molar-refractivity contribution in [3.05, 3.63) is 148 Å². The van der Waals surface area contributed by atoms with Gasteiger partial charge in [0, 0.05) is 49.0 Å². The highest BCUT2D eigenvalue weighted by Crippen LogP contribution is 2.65. The summed E-state index contributed by atoms with van der Waals surface area (Å²) in [7, 11) is 0.